The normalized spacial score (nSPS) is 12.1. The molecule has 2 aromatic rings. The molecule has 0 aliphatic rings. The Labute approximate surface area is 125 Å². The van der Waals surface area contributed by atoms with Crippen LogP contribution in [0.25, 0.3) is 0 Å². The van der Waals surface area contributed by atoms with Crippen molar-refractivity contribution in [2.75, 3.05) is 14.2 Å². The second-order valence-electron chi connectivity index (χ2n) is 4.25. The Bertz CT molecular complexity index is 638. The van der Waals surface area contributed by atoms with Crippen molar-refractivity contribution in [1.82, 2.24) is 0 Å². The molecule has 21 heavy (non-hydrogen) atoms. The molecule has 112 valence electrons. The number of methoxy groups -OCH3 is 2. The lowest BCUT2D eigenvalue weighted by molar-refractivity contribution is 0.405. The zero-order valence-electron chi connectivity index (χ0n) is 11.3. The molecular formula is C15H12ClF3O2. The molecule has 0 radical (unpaired) electrons. The maximum absolute atomic E-state index is 14.0. The molecule has 0 bridgehead atoms. The van der Waals surface area contributed by atoms with Crippen molar-refractivity contribution in [2.45, 2.75) is 5.38 Å². The molecule has 0 fully saturated rings. The Balaban J connectivity index is 2.47. The van der Waals surface area contributed by atoms with E-state index < -0.39 is 28.4 Å². The highest BCUT2D eigenvalue weighted by Crippen LogP contribution is 2.36. The number of rotatable bonds is 4. The molecule has 0 aliphatic carbocycles. The molecule has 1 unspecified atom stereocenters. The molecule has 0 spiro atoms. The molecule has 0 N–H and O–H groups in total. The van der Waals surface area contributed by atoms with Gasteiger partial charge in [-0.2, -0.15) is 0 Å². The van der Waals surface area contributed by atoms with E-state index in [1.807, 2.05) is 0 Å². The number of benzene rings is 2. The predicted molar refractivity (Wildman–Crippen MR) is 73.6 cm³/mol. The lowest BCUT2D eigenvalue weighted by Crippen LogP contribution is -2.04. The van der Waals surface area contributed by atoms with Gasteiger partial charge in [0.15, 0.2) is 0 Å². The third-order valence-electron chi connectivity index (χ3n) is 3.02. The molecule has 2 rings (SSSR count). The molecule has 0 amide bonds. The third kappa shape index (κ3) is 3.08. The van der Waals surface area contributed by atoms with Crippen LogP contribution in [0.15, 0.2) is 30.3 Å². The SMILES string of the molecule is COc1ccc(C(Cl)c2c(F)cc(OC)cc2F)c(F)c1. The first-order chi connectivity index (χ1) is 9.97. The Kier molecular flexibility index (Phi) is 4.63. The van der Waals surface area contributed by atoms with Crippen molar-refractivity contribution in [3.8, 4) is 11.5 Å². The van der Waals surface area contributed by atoms with Crippen LogP contribution in [-0.4, -0.2) is 14.2 Å². The summed E-state index contributed by atoms with van der Waals surface area (Å²) in [4.78, 5) is 0. The van der Waals surface area contributed by atoms with Crippen molar-refractivity contribution in [3.05, 3.63) is 58.9 Å². The van der Waals surface area contributed by atoms with Gasteiger partial charge in [0, 0.05) is 29.3 Å². The number of halogens is 4. The summed E-state index contributed by atoms with van der Waals surface area (Å²) in [5, 5.41) is -1.30. The van der Waals surface area contributed by atoms with Gasteiger partial charge in [-0.25, -0.2) is 13.2 Å². The van der Waals surface area contributed by atoms with E-state index in [1.54, 1.807) is 0 Å². The van der Waals surface area contributed by atoms with Crippen molar-refractivity contribution in [1.29, 1.82) is 0 Å². The van der Waals surface area contributed by atoms with Crippen LogP contribution >= 0.6 is 11.6 Å². The highest BCUT2D eigenvalue weighted by atomic mass is 35.5. The van der Waals surface area contributed by atoms with Crippen LogP contribution in [0.1, 0.15) is 16.5 Å². The summed E-state index contributed by atoms with van der Waals surface area (Å²) in [7, 11) is 2.67. The molecule has 2 aromatic carbocycles. The highest BCUT2D eigenvalue weighted by Gasteiger charge is 2.24. The fourth-order valence-corrected chi connectivity index (χ4v) is 2.30. The second-order valence-corrected chi connectivity index (χ2v) is 4.69. The molecule has 0 saturated carbocycles. The van der Waals surface area contributed by atoms with Crippen LogP contribution in [0.5, 0.6) is 11.5 Å². The monoisotopic (exact) mass is 316 g/mol. The van der Waals surface area contributed by atoms with E-state index >= 15 is 0 Å². The van der Waals surface area contributed by atoms with Gasteiger partial charge in [0.05, 0.1) is 19.6 Å². The fourth-order valence-electron chi connectivity index (χ4n) is 1.92. The molecule has 6 heteroatoms. The predicted octanol–water partition coefficient (Wildman–Crippen LogP) is 4.45. The molecular weight excluding hydrogens is 305 g/mol. The Morgan fingerprint density at radius 1 is 0.857 bits per heavy atom. The van der Waals surface area contributed by atoms with E-state index in [9.17, 15) is 13.2 Å². The van der Waals surface area contributed by atoms with Crippen molar-refractivity contribution >= 4 is 11.6 Å². The Morgan fingerprint density at radius 2 is 1.38 bits per heavy atom. The summed E-state index contributed by atoms with van der Waals surface area (Å²) in [6.45, 7) is 0. The minimum atomic E-state index is -1.30. The summed E-state index contributed by atoms with van der Waals surface area (Å²) >= 11 is 6.04. The first-order valence-electron chi connectivity index (χ1n) is 5.98. The zero-order chi connectivity index (χ0) is 15.6. The maximum Gasteiger partial charge on any atom is 0.134 e. The number of alkyl halides is 1. The summed E-state index contributed by atoms with van der Waals surface area (Å²) in [5.41, 5.74) is -0.470. The molecule has 0 heterocycles. The zero-order valence-corrected chi connectivity index (χ0v) is 12.0. The average molecular weight is 317 g/mol. The Hall–Kier alpha value is -1.88. The second kappa shape index (κ2) is 6.26. The van der Waals surface area contributed by atoms with Gasteiger partial charge >= 0.3 is 0 Å². The average Bonchev–Trinajstić information content (AvgIpc) is 2.45. The molecule has 2 nitrogen and oxygen atoms in total. The first kappa shape index (κ1) is 15.5. The van der Waals surface area contributed by atoms with Crippen LogP contribution in [0.3, 0.4) is 0 Å². The topological polar surface area (TPSA) is 18.5 Å². The maximum atomic E-state index is 14.0. The first-order valence-corrected chi connectivity index (χ1v) is 6.42. The minimum Gasteiger partial charge on any atom is -0.497 e. The van der Waals surface area contributed by atoms with Gasteiger partial charge in [-0.3, -0.25) is 0 Å². The lowest BCUT2D eigenvalue weighted by Gasteiger charge is -2.15. The molecule has 1 atom stereocenters. The standard InChI is InChI=1S/C15H12ClF3O2/c1-20-8-3-4-10(11(17)5-8)15(16)14-12(18)6-9(21-2)7-13(14)19/h3-7,15H,1-2H3. The largest absolute Gasteiger partial charge is 0.497 e. The summed E-state index contributed by atoms with van der Waals surface area (Å²) in [6, 6.07) is 5.89. The van der Waals surface area contributed by atoms with E-state index in [0.717, 1.165) is 18.2 Å². The van der Waals surface area contributed by atoms with Gasteiger partial charge < -0.3 is 9.47 Å². The van der Waals surface area contributed by atoms with Crippen LogP contribution in [0, 0.1) is 17.5 Å². The number of hydrogen-bond donors (Lipinski definition) is 0. The molecule has 0 aliphatic heterocycles. The van der Waals surface area contributed by atoms with Crippen LogP contribution in [0.4, 0.5) is 13.2 Å². The quantitative estimate of drug-likeness (QED) is 0.776. The van der Waals surface area contributed by atoms with E-state index in [0.29, 0.717) is 0 Å². The van der Waals surface area contributed by atoms with Gasteiger partial charge in [0.1, 0.15) is 29.0 Å². The number of ether oxygens (including phenoxy) is 2. The van der Waals surface area contributed by atoms with Crippen molar-refractivity contribution in [3.63, 3.8) is 0 Å². The van der Waals surface area contributed by atoms with E-state index in [1.165, 1.54) is 26.4 Å². The van der Waals surface area contributed by atoms with Gasteiger partial charge in [0.2, 0.25) is 0 Å². The molecule has 0 saturated heterocycles. The van der Waals surface area contributed by atoms with E-state index in [4.69, 9.17) is 21.1 Å². The van der Waals surface area contributed by atoms with Crippen molar-refractivity contribution < 1.29 is 22.6 Å². The smallest absolute Gasteiger partial charge is 0.134 e. The van der Waals surface area contributed by atoms with Gasteiger partial charge in [-0.05, 0) is 6.07 Å². The van der Waals surface area contributed by atoms with Gasteiger partial charge in [-0.1, -0.05) is 6.07 Å². The van der Waals surface area contributed by atoms with Crippen LogP contribution < -0.4 is 9.47 Å². The van der Waals surface area contributed by atoms with Gasteiger partial charge in [0.25, 0.3) is 0 Å². The Morgan fingerprint density at radius 3 is 1.86 bits per heavy atom. The lowest BCUT2D eigenvalue weighted by atomic mass is 10.0. The third-order valence-corrected chi connectivity index (χ3v) is 3.48. The minimum absolute atomic E-state index is 0.0211. The van der Waals surface area contributed by atoms with Crippen molar-refractivity contribution in [2.24, 2.45) is 0 Å². The van der Waals surface area contributed by atoms with E-state index in [-0.39, 0.29) is 17.1 Å². The summed E-state index contributed by atoms with van der Waals surface area (Å²) in [6.07, 6.45) is 0. The van der Waals surface area contributed by atoms with Gasteiger partial charge in [-0.15, -0.1) is 11.6 Å². The van der Waals surface area contributed by atoms with Crippen LogP contribution in [0.2, 0.25) is 0 Å². The van der Waals surface area contributed by atoms with Crippen LogP contribution in [-0.2, 0) is 0 Å². The summed E-state index contributed by atoms with van der Waals surface area (Å²) < 4.78 is 51.5. The number of hydrogen-bond acceptors (Lipinski definition) is 2. The highest BCUT2D eigenvalue weighted by molar-refractivity contribution is 6.22. The van der Waals surface area contributed by atoms with E-state index in [2.05, 4.69) is 0 Å². The summed E-state index contributed by atoms with van der Waals surface area (Å²) in [5.74, 6) is -2.20. The molecule has 0 aromatic heterocycles. The fraction of sp³-hybridized carbons (Fsp3) is 0.200.